The molecule has 0 radical (unpaired) electrons. The molecular formula is C17H20F2N2O4. The van der Waals surface area contributed by atoms with Crippen LogP contribution in [0.5, 0.6) is 5.75 Å². The van der Waals surface area contributed by atoms with E-state index in [2.05, 4.69) is 10.1 Å². The summed E-state index contributed by atoms with van der Waals surface area (Å²) < 4.78 is 33.9. The molecule has 1 aromatic rings. The van der Waals surface area contributed by atoms with Gasteiger partial charge in [-0.15, -0.1) is 0 Å². The van der Waals surface area contributed by atoms with Crippen LogP contribution in [0.2, 0.25) is 0 Å². The third-order valence-electron chi connectivity index (χ3n) is 3.85. The molecule has 0 fully saturated rings. The largest absolute Gasteiger partial charge is 0.463 e. The van der Waals surface area contributed by atoms with Crippen molar-refractivity contribution in [2.75, 3.05) is 13.2 Å². The van der Waals surface area contributed by atoms with Crippen LogP contribution in [0.25, 0.3) is 0 Å². The van der Waals surface area contributed by atoms with Crippen LogP contribution in [0.15, 0.2) is 35.5 Å². The lowest BCUT2D eigenvalue weighted by atomic mass is 9.95. The maximum absolute atomic E-state index is 12.4. The topological polar surface area (TPSA) is 67.9 Å². The van der Waals surface area contributed by atoms with Crippen LogP contribution in [0, 0.1) is 0 Å². The van der Waals surface area contributed by atoms with E-state index in [4.69, 9.17) is 4.74 Å². The lowest BCUT2D eigenvalue weighted by Crippen LogP contribution is -2.47. The van der Waals surface area contributed by atoms with Crippen LogP contribution in [0.1, 0.15) is 32.4 Å². The molecule has 0 aliphatic carbocycles. The normalized spacial score (nSPS) is 17.6. The lowest BCUT2D eigenvalue weighted by molar-refractivity contribution is -0.139. The highest BCUT2D eigenvalue weighted by molar-refractivity contribution is 5.95. The van der Waals surface area contributed by atoms with Gasteiger partial charge in [-0.25, -0.2) is 9.59 Å². The van der Waals surface area contributed by atoms with Gasteiger partial charge in [-0.1, -0.05) is 12.1 Å². The highest BCUT2D eigenvalue weighted by atomic mass is 19.3. The Hall–Kier alpha value is -2.64. The number of allylic oxidation sites excluding steroid dienone is 1. The van der Waals surface area contributed by atoms with E-state index in [-0.39, 0.29) is 18.4 Å². The summed E-state index contributed by atoms with van der Waals surface area (Å²) in [5, 5.41) is 2.75. The summed E-state index contributed by atoms with van der Waals surface area (Å²) in [6.07, 6.45) is 0. The molecule has 2 rings (SSSR count). The Kier molecular flexibility index (Phi) is 5.95. The lowest BCUT2D eigenvalue weighted by Gasteiger charge is -2.34. The smallest absolute Gasteiger partial charge is 0.387 e. The van der Waals surface area contributed by atoms with Crippen molar-refractivity contribution in [3.05, 3.63) is 41.1 Å². The van der Waals surface area contributed by atoms with Crippen LogP contribution in [0.3, 0.4) is 0 Å². The first-order valence-corrected chi connectivity index (χ1v) is 7.89. The second-order valence-corrected chi connectivity index (χ2v) is 5.29. The number of nitrogens with one attached hydrogen (secondary N) is 1. The predicted molar refractivity (Wildman–Crippen MR) is 86.1 cm³/mol. The molecule has 0 aromatic heterocycles. The Labute approximate surface area is 144 Å². The van der Waals surface area contributed by atoms with Crippen LogP contribution in [-0.2, 0) is 9.53 Å². The van der Waals surface area contributed by atoms with Gasteiger partial charge in [0.25, 0.3) is 0 Å². The molecule has 2 amide bonds. The average molecular weight is 354 g/mol. The van der Waals surface area contributed by atoms with Crippen LogP contribution >= 0.6 is 0 Å². The van der Waals surface area contributed by atoms with E-state index in [1.54, 1.807) is 20.8 Å². The number of carbonyl (C=O) groups is 2. The second-order valence-electron chi connectivity index (χ2n) is 5.29. The first-order chi connectivity index (χ1) is 11.9. The standard InChI is InChI=1S/C17H20F2N2O4/c1-4-21-10(3)13(15(22)24-5-2)14(20-17(21)23)11-6-8-12(9-7-11)25-16(18)19/h6-9,14,16H,4-5H2,1-3H3,(H,20,23)/t14-/m0/s1. The summed E-state index contributed by atoms with van der Waals surface area (Å²) in [5.41, 5.74) is 1.38. The van der Waals surface area contributed by atoms with Gasteiger partial charge in [-0.2, -0.15) is 8.78 Å². The van der Waals surface area contributed by atoms with Crippen LogP contribution < -0.4 is 10.1 Å². The van der Waals surface area contributed by atoms with Crippen molar-refractivity contribution in [3.63, 3.8) is 0 Å². The van der Waals surface area contributed by atoms with Gasteiger partial charge in [0.2, 0.25) is 0 Å². The first kappa shape index (κ1) is 18.7. The van der Waals surface area contributed by atoms with Crippen molar-refractivity contribution >= 4 is 12.0 Å². The SMILES string of the molecule is CCOC(=O)C1=C(C)N(CC)C(=O)N[C@H]1c1ccc(OC(F)F)cc1. The number of amides is 2. The number of carbonyl (C=O) groups excluding carboxylic acids is 2. The predicted octanol–water partition coefficient (Wildman–Crippen LogP) is 3.21. The zero-order valence-electron chi connectivity index (χ0n) is 14.2. The molecule has 1 aliphatic heterocycles. The van der Waals surface area contributed by atoms with Crippen molar-refractivity contribution in [1.82, 2.24) is 10.2 Å². The van der Waals surface area contributed by atoms with E-state index in [1.807, 2.05) is 0 Å². The number of rotatable bonds is 6. The third-order valence-corrected chi connectivity index (χ3v) is 3.85. The van der Waals surface area contributed by atoms with E-state index in [0.717, 1.165) is 0 Å². The second kappa shape index (κ2) is 7.96. The highest BCUT2D eigenvalue weighted by Crippen LogP contribution is 2.32. The van der Waals surface area contributed by atoms with E-state index in [0.29, 0.717) is 23.4 Å². The van der Waals surface area contributed by atoms with E-state index >= 15 is 0 Å². The highest BCUT2D eigenvalue weighted by Gasteiger charge is 2.35. The van der Waals surface area contributed by atoms with Crippen molar-refractivity contribution in [2.45, 2.75) is 33.4 Å². The number of urea groups is 1. The number of hydrogen-bond donors (Lipinski definition) is 1. The third kappa shape index (κ3) is 4.07. The molecule has 1 aromatic carbocycles. The minimum atomic E-state index is -2.92. The molecule has 0 saturated carbocycles. The molecule has 1 aliphatic rings. The summed E-state index contributed by atoms with van der Waals surface area (Å²) in [7, 11) is 0. The minimum Gasteiger partial charge on any atom is -0.463 e. The Morgan fingerprint density at radius 1 is 1.28 bits per heavy atom. The zero-order valence-corrected chi connectivity index (χ0v) is 14.2. The van der Waals surface area contributed by atoms with Crippen molar-refractivity contribution in [2.24, 2.45) is 0 Å². The monoisotopic (exact) mass is 354 g/mol. The Morgan fingerprint density at radius 2 is 1.92 bits per heavy atom. The van der Waals surface area contributed by atoms with Crippen LogP contribution in [0.4, 0.5) is 13.6 Å². The fourth-order valence-electron chi connectivity index (χ4n) is 2.73. The average Bonchev–Trinajstić information content (AvgIpc) is 2.55. The molecule has 0 bridgehead atoms. The molecule has 25 heavy (non-hydrogen) atoms. The Morgan fingerprint density at radius 3 is 2.44 bits per heavy atom. The van der Waals surface area contributed by atoms with Crippen LogP contribution in [-0.4, -0.2) is 36.7 Å². The minimum absolute atomic E-state index is 0.00513. The van der Waals surface area contributed by atoms with Crippen molar-refractivity contribution in [1.29, 1.82) is 0 Å². The molecule has 0 saturated heterocycles. The fourth-order valence-corrected chi connectivity index (χ4v) is 2.73. The zero-order chi connectivity index (χ0) is 18.6. The maximum atomic E-state index is 12.4. The van der Waals surface area contributed by atoms with E-state index < -0.39 is 18.6 Å². The molecule has 8 heteroatoms. The fraction of sp³-hybridized carbons (Fsp3) is 0.412. The van der Waals surface area contributed by atoms with Crippen molar-refractivity contribution in [3.8, 4) is 5.75 Å². The molecule has 1 N–H and O–H groups in total. The van der Waals surface area contributed by atoms with Gasteiger partial charge in [-0.05, 0) is 38.5 Å². The Balaban J connectivity index is 2.41. The molecule has 0 spiro atoms. The number of hydrogen-bond acceptors (Lipinski definition) is 4. The summed E-state index contributed by atoms with van der Waals surface area (Å²) in [6.45, 7) is 2.84. The van der Waals surface area contributed by atoms with Gasteiger partial charge < -0.3 is 14.8 Å². The van der Waals surface area contributed by atoms with Gasteiger partial charge in [0.05, 0.1) is 18.2 Å². The van der Waals surface area contributed by atoms with E-state index in [9.17, 15) is 18.4 Å². The summed E-state index contributed by atoms with van der Waals surface area (Å²) in [4.78, 5) is 26.1. The number of ether oxygens (including phenoxy) is 2. The summed E-state index contributed by atoms with van der Waals surface area (Å²) in [5.74, 6) is -0.536. The number of esters is 1. The van der Waals surface area contributed by atoms with Gasteiger partial charge >= 0.3 is 18.6 Å². The molecule has 1 heterocycles. The van der Waals surface area contributed by atoms with E-state index in [1.165, 1.54) is 29.2 Å². The quantitative estimate of drug-likeness (QED) is 0.797. The number of benzene rings is 1. The molecule has 0 unspecified atom stereocenters. The molecule has 136 valence electrons. The summed E-state index contributed by atoms with van der Waals surface area (Å²) >= 11 is 0. The molecule has 6 nitrogen and oxygen atoms in total. The van der Waals surface area contributed by atoms with Gasteiger partial charge in [-0.3, -0.25) is 4.90 Å². The first-order valence-electron chi connectivity index (χ1n) is 7.89. The number of nitrogens with zero attached hydrogens (tertiary/aromatic N) is 1. The van der Waals surface area contributed by atoms with Gasteiger partial charge in [0.15, 0.2) is 0 Å². The Bertz CT molecular complexity index is 674. The number of alkyl halides is 2. The summed E-state index contributed by atoms with van der Waals surface area (Å²) in [6, 6.07) is 4.70. The number of halogens is 2. The molecule has 1 atom stereocenters. The molecular weight excluding hydrogens is 334 g/mol. The van der Waals surface area contributed by atoms with Gasteiger partial charge in [0, 0.05) is 12.2 Å². The van der Waals surface area contributed by atoms with Gasteiger partial charge in [0.1, 0.15) is 5.75 Å². The van der Waals surface area contributed by atoms with Crippen molar-refractivity contribution < 1.29 is 27.8 Å². The maximum Gasteiger partial charge on any atom is 0.387 e.